The maximum absolute atomic E-state index is 12.4. The Morgan fingerprint density at radius 2 is 2.05 bits per heavy atom. The number of β-amino-alcohol motifs (C(OH)–C–C–N with tert-alkyl or cyclic N) is 1. The van der Waals surface area contributed by atoms with Gasteiger partial charge in [0.2, 0.25) is 5.91 Å². The third-order valence-electron chi connectivity index (χ3n) is 4.26. The standard InChI is InChI=1S/C15H28N2O3/c1-2-20-12-14(18)11-16-7-5-6-13(10-16)15(19)17-8-3-4-9-17/h13-14,18H,2-12H2,1H3/t13-,14-/m0/s1. The molecule has 116 valence electrons. The van der Waals surface area contributed by atoms with Crippen LogP contribution >= 0.6 is 0 Å². The number of piperidine rings is 1. The van der Waals surface area contributed by atoms with Gasteiger partial charge in [-0.3, -0.25) is 9.69 Å². The molecule has 2 atom stereocenters. The van der Waals surface area contributed by atoms with E-state index in [1.807, 2.05) is 11.8 Å². The minimum absolute atomic E-state index is 0.126. The molecule has 0 radical (unpaired) electrons. The predicted octanol–water partition coefficient (Wildman–Crippen LogP) is 0.718. The quantitative estimate of drug-likeness (QED) is 0.781. The summed E-state index contributed by atoms with van der Waals surface area (Å²) in [4.78, 5) is 16.6. The number of hydrogen-bond acceptors (Lipinski definition) is 4. The monoisotopic (exact) mass is 284 g/mol. The van der Waals surface area contributed by atoms with Crippen LogP contribution in [0, 0.1) is 5.92 Å². The first-order chi connectivity index (χ1) is 9.70. The van der Waals surface area contributed by atoms with Gasteiger partial charge in [0.15, 0.2) is 0 Å². The molecule has 5 nitrogen and oxygen atoms in total. The average molecular weight is 284 g/mol. The van der Waals surface area contributed by atoms with E-state index in [1.54, 1.807) is 0 Å². The second kappa shape index (κ2) is 7.96. The number of ether oxygens (including phenoxy) is 1. The van der Waals surface area contributed by atoms with E-state index in [1.165, 1.54) is 0 Å². The second-order valence-corrected chi connectivity index (χ2v) is 5.94. The lowest BCUT2D eigenvalue weighted by Crippen LogP contribution is -2.46. The van der Waals surface area contributed by atoms with Crippen LogP contribution in [0.3, 0.4) is 0 Å². The van der Waals surface area contributed by atoms with Crippen molar-refractivity contribution in [3.63, 3.8) is 0 Å². The zero-order valence-corrected chi connectivity index (χ0v) is 12.6. The van der Waals surface area contributed by atoms with Crippen molar-refractivity contribution in [2.75, 3.05) is 45.9 Å². The Kier molecular flexibility index (Phi) is 6.26. The fourth-order valence-corrected chi connectivity index (χ4v) is 3.22. The maximum atomic E-state index is 12.4. The number of carbonyl (C=O) groups excluding carboxylic acids is 1. The zero-order valence-electron chi connectivity index (χ0n) is 12.6. The minimum atomic E-state index is -0.449. The summed E-state index contributed by atoms with van der Waals surface area (Å²) in [5.41, 5.74) is 0. The van der Waals surface area contributed by atoms with Gasteiger partial charge in [0.05, 0.1) is 18.6 Å². The molecule has 0 aromatic carbocycles. The fourth-order valence-electron chi connectivity index (χ4n) is 3.22. The van der Waals surface area contributed by atoms with Crippen LogP contribution in [-0.4, -0.2) is 72.9 Å². The van der Waals surface area contributed by atoms with Crippen molar-refractivity contribution in [1.29, 1.82) is 0 Å². The van der Waals surface area contributed by atoms with E-state index in [0.29, 0.717) is 25.7 Å². The third-order valence-corrected chi connectivity index (χ3v) is 4.26. The van der Waals surface area contributed by atoms with Gasteiger partial charge in [0.25, 0.3) is 0 Å². The Morgan fingerprint density at radius 3 is 2.75 bits per heavy atom. The molecule has 2 aliphatic heterocycles. The summed E-state index contributed by atoms with van der Waals surface area (Å²) in [6.45, 7) is 7.20. The van der Waals surface area contributed by atoms with Crippen molar-refractivity contribution >= 4 is 5.91 Å². The van der Waals surface area contributed by atoms with E-state index in [4.69, 9.17) is 4.74 Å². The molecule has 2 saturated heterocycles. The van der Waals surface area contributed by atoms with Gasteiger partial charge in [-0.25, -0.2) is 0 Å². The van der Waals surface area contributed by atoms with Crippen molar-refractivity contribution in [2.45, 2.75) is 38.7 Å². The first-order valence-electron chi connectivity index (χ1n) is 7.97. The molecule has 2 aliphatic rings. The number of nitrogens with zero attached hydrogens (tertiary/aromatic N) is 2. The van der Waals surface area contributed by atoms with Gasteiger partial charge in [-0.05, 0) is 39.2 Å². The third kappa shape index (κ3) is 4.43. The maximum Gasteiger partial charge on any atom is 0.226 e. The lowest BCUT2D eigenvalue weighted by atomic mass is 9.96. The molecule has 0 aromatic heterocycles. The van der Waals surface area contributed by atoms with Crippen LogP contribution in [-0.2, 0) is 9.53 Å². The molecule has 0 spiro atoms. The van der Waals surface area contributed by atoms with Crippen molar-refractivity contribution in [3.8, 4) is 0 Å². The summed E-state index contributed by atoms with van der Waals surface area (Å²) in [7, 11) is 0. The largest absolute Gasteiger partial charge is 0.389 e. The number of carbonyl (C=O) groups is 1. The van der Waals surface area contributed by atoms with E-state index >= 15 is 0 Å². The first-order valence-corrected chi connectivity index (χ1v) is 7.97. The van der Waals surface area contributed by atoms with E-state index in [-0.39, 0.29) is 5.92 Å². The zero-order chi connectivity index (χ0) is 14.4. The number of aliphatic hydroxyl groups excluding tert-OH is 1. The highest BCUT2D eigenvalue weighted by atomic mass is 16.5. The van der Waals surface area contributed by atoms with Crippen LogP contribution < -0.4 is 0 Å². The molecule has 20 heavy (non-hydrogen) atoms. The molecule has 0 aromatic rings. The van der Waals surface area contributed by atoms with Crippen LogP contribution in [0.5, 0.6) is 0 Å². The molecule has 1 N–H and O–H groups in total. The topological polar surface area (TPSA) is 53.0 Å². The highest BCUT2D eigenvalue weighted by Gasteiger charge is 2.30. The molecular formula is C15H28N2O3. The SMILES string of the molecule is CCOC[C@@H](O)CN1CCC[C@H](C(=O)N2CCCC2)C1. The highest BCUT2D eigenvalue weighted by Crippen LogP contribution is 2.21. The van der Waals surface area contributed by atoms with E-state index < -0.39 is 6.10 Å². The van der Waals surface area contributed by atoms with Crippen molar-refractivity contribution in [3.05, 3.63) is 0 Å². The highest BCUT2D eigenvalue weighted by molar-refractivity contribution is 5.79. The smallest absolute Gasteiger partial charge is 0.226 e. The Balaban J connectivity index is 1.77. The minimum Gasteiger partial charge on any atom is -0.389 e. The van der Waals surface area contributed by atoms with E-state index in [9.17, 15) is 9.90 Å². The summed E-state index contributed by atoms with van der Waals surface area (Å²) in [5, 5.41) is 9.91. The van der Waals surface area contributed by atoms with Crippen LogP contribution in [0.2, 0.25) is 0 Å². The van der Waals surface area contributed by atoms with E-state index in [0.717, 1.165) is 51.9 Å². The summed E-state index contributed by atoms with van der Waals surface area (Å²) in [6, 6.07) is 0. The number of hydrogen-bond donors (Lipinski definition) is 1. The van der Waals surface area contributed by atoms with Crippen LogP contribution in [0.4, 0.5) is 0 Å². The van der Waals surface area contributed by atoms with Gasteiger partial charge in [0, 0.05) is 32.8 Å². The van der Waals surface area contributed by atoms with Crippen LogP contribution in [0.25, 0.3) is 0 Å². The molecule has 2 heterocycles. The van der Waals surface area contributed by atoms with Crippen molar-refractivity contribution < 1.29 is 14.6 Å². The van der Waals surface area contributed by atoms with Crippen molar-refractivity contribution in [1.82, 2.24) is 9.80 Å². The van der Waals surface area contributed by atoms with Crippen molar-refractivity contribution in [2.24, 2.45) is 5.92 Å². The van der Waals surface area contributed by atoms with Crippen LogP contribution in [0.15, 0.2) is 0 Å². The molecule has 0 bridgehead atoms. The van der Waals surface area contributed by atoms with Crippen LogP contribution in [0.1, 0.15) is 32.6 Å². The lowest BCUT2D eigenvalue weighted by molar-refractivity contribution is -0.136. The Bertz CT molecular complexity index is 305. The van der Waals surface area contributed by atoms with Gasteiger partial charge >= 0.3 is 0 Å². The van der Waals surface area contributed by atoms with Gasteiger partial charge < -0.3 is 14.7 Å². The molecule has 2 rings (SSSR count). The number of likely N-dealkylation sites (tertiary alicyclic amines) is 2. The second-order valence-electron chi connectivity index (χ2n) is 5.94. The summed E-state index contributed by atoms with van der Waals surface area (Å²) >= 11 is 0. The number of aliphatic hydroxyl groups is 1. The Labute approximate surface area is 121 Å². The van der Waals surface area contributed by atoms with Gasteiger partial charge in [-0.2, -0.15) is 0 Å². The molecule has 0 saturated carbocycles. The van der Waals surface area contributed by atoms with E-state index in [2.05, 4.69) is 4.90 Å². The average Bonchev–Trinajstić information content (AvgIpc) is 2.98. The summed E-state index contributed by atoms with van der Waals surface area (Å²) in [6.07, 6.45) is 3.89. The van der Waals surface area contributed by atoms with Gasteiger partial charge in [-0.1, -0.05) is 0 Å². The molecule has 0 aliphatic carbocycles. The predicted molar refractivity (Wildman–Crippen MR) is 77.5 cm³/mol. The number of rotatable bonds is 6. The molecular weight excluding hydrogens is 256 g/mol. The van der Waals surface area contributed by atoms with Gasteiger partial charge in [-0.15, -0.1) is 0 Å². The Morgan fingerprint density at radius 1 is 1.30 bits per heavy atom. The first kappa shape index (κ1) is 15.7. The Hall–Kier alpha value is -0.650. The molecule has 2 fully saturated rings. The summed E-state index contributed by atoms with van der Waals surface area (Å²) in [5.74, 6) is 0.452. The molecule has 1 amide bonds. The lowest BCUT2D eigenvalue weighted by Gasteiger charge is -2.34. The normalized spacial score (nSPS) is 25.9. The molecule has 5 heteroatoms. The fraction of sp³-hybridized carbons (Fsp3) is 0.933. The summed E-state index contributed by atoms with van der Waals surface area (Å²) < 4.78 is 5.24. The molecule has 0 unspecified atom stereocenters. The van der Waals surface area contributed by atoms with Gasteiger partial charge in [0.1, 0.15) is 0 Å². The number of amides is 1.